The van der Waals surface area contributed by atoms with Gasteiger partial charge in [-0.05, 0) is 44.1 Å². The molecule has 1 unspecified atom stereocenters. The number of aryl methyl sites for hydroxylation is 2. The molecular formula is C16H27N3O3. The van der Waals surface area contributed by atoms with Crippen LogP contribution in [0.15, 0.2) is 4.79 Å². The molecule has 1 rings (SSSR count). The van der Waals surface area contributed by atoms with E-state index in [1.807, 2.05) is 0 Å². The van der Waals surface area contributed by atoms with Crippen LogP contribution in [0.25, 0.3) is 0 Å². The van der Waals surface area contributed by atoms with Crippen LogP contribution in [-0.4, -0.2) is 33.9 Å². The number of hydrogen-bond acceptors (Lipinski definition) is 4. The fraction of sp³-hybridized carbons (Fsp3) is 0.688. The maximum absolute atomic E-state index is 12.4. The molecule has 124 valence electrons. The molecule has 0 aromatic carbocycles. The average molecular weight is 309 g/mol. The van der Waals surface area contributed by atoms with E-state index in [0.717, 1.165) is 6.42 Å². The van der Waals surface area contributed by atoms with Gasteiger partial charge in [0.1, 0.15) is 5.56 Å². The number of aliphatic hydroxyl groups excluding tert-OH is 1. The van der Waals surface area contributed by atoms with E-state index in [9.17, 15) is 9.59 Å². The highest BCUT2D eigenvalue weighted by Crippen LogP contribution is 2.14. The molecule has 6 heteroatoms. The van der Waals surface area contributed by atoms with Crippen LogP contribution < -0.4 is 10.9 Å². The minimum Gasteiger partial charge on any atom is -0.396 e. The molecule has 22 heavy (non-hydrogen) atoms. The summed E-state index contributed by atoms with van der Waals surface area (Å²) < 4.78 is 1.19. The molecule has 0 spiro atoms. The number of nitrogens with one attached hydrogen (secondary N) is 1. The van der Waals surface area contributed by atoms with E-state index in [2.05, 4.69) is 24.3 Å². The van der Waals surface area contributed by atoms with Crippen molar-refractivity contribution < 1.29 is 9.90 Å². The number of nitrogens with zero attached hydrogens (tertiary/aromatic N) is 2. The lowest BCUT2D eigenvalue weighted by Crippen LogP contribution is -2.37. The molecule has 0 bridgehead atoms. The highest BCUT2D eigenvalue weighted by atomic mass is 16.3. The number of rotatable bonds is 7. The second-order valence-corrected chi connectivity index (χ2v) is 6.23. The van der Waals surface area contributed by atoms with Crippen LogP contribution >= 0.6 is 0 Å². The van der Waals surface area contributed by atoms with Crippen molar-refractivity contribution in [1.29, 1.82) is 0 Å². The lowest BCUT2D eigenvalue weighted by Gasteiger charge is -2.19. The Hall–Kier alpha value is -1.69. The summed E-state index contributed by atoms with van der Waals surface area (Å²) in [6, 6.07) is 0. The third-order valence-corrected chi connectivity index (χ3v) is 3.85. The van der Waals surface area contributed by atoms with Crippen molar-refractivity contribution in [1.82, 2.24) is 15.1 Å². The van der Waals surface area contributed by atoms with Gasteiger partial charge in [-0.25, -0.2) is 4.68 Å². The summed E-state index contributed by atoms with van der Waals surface area (Å²) in [5.74, 6) is 0.336. The molecule has 0 saturated carbocycles. The zero-order valence-corrected chi connectivity index (χ0v) is 14.1. The van der Waals surface area contributed by atoms with Gasteiger partial charge in [0.2, 0.25) is 0 Å². The lowest BCUT2D eigenvalue weighted by molar-refractivity contribution is 0.0938. The molecule has 1 heterocycles. The van der Waals surface area contributed by atoms with Gasteiger partial charge >= 0.3 is 0 Å². The topological polar surface area (TPSA) is 84.2 Å². The first-order valence-electron chi connectivity index (χ1n) is 7.71. The second-order valence-electron chi connectivity index (χ2n) is 6.23. The maximum Gasteiger partial charge on any atom is 0.279 e. The molecule has 6 nitrogen and oxygen atoms in total. The Morgan fingerprint density at radius 1 is 1.36 bits per heavy atom. The molecule has 1 amide bonds. The minimum absolute atomic E-state index is 0.0996. The number of aliphatic hydroxyl groups is 1. The predicted molar refractivity (Wildman–Crippen MR) is 85.9 cm³/mol. The molecule has 0 aliphatic heterocycles. The first-order valence-corrected chi connectivity index (χ1v) is 7.71. The van der Waals surface area contributed by atoms with E-state index in [0.29, 0.717) is 30.1 Å². The number of carbonyl (C=O) groups excluding carboxylic acids is 1. The largest absolute Gasteiger partial charge is 0.396 e. The Morgan fingerprint density at radius 2 is 2.00 bits per heavy atom. The van der Waals surface area contributed by atoms with E-state index in [-0.39, 0.29) is 29.6 Å². The van der Waals surface area contributed by atoms with Gasteiger partial charge in [0.15, 0.2) is 0 Å². The molecule has 1 aromatic heterocycles. The Labute approximate surface area is 131 Å². The van der Waals surface area contributed by atoms with Gasteiger partial charge < -0.3 is 10.4 Å². The van der Waals surface area contributed by atoms with Gasteiger partial charge in [-0.3, -0.25) is 9.59 Å². The number of hydrogen-bond donors (Lipinski definition) is 2. The Morgan fingerprint density at radius 3 is 2.55 bits per heavy atom. The van der Waals surface area contributed by atoms with Crippen molar-refractivity contribution in [3.8, 4) is 0 Å². The summed E-state index contributed by atoms with van der Waals surface area (Å²) in [5.41, 5.74) is 1.05. The van der Waals surface area contributed by atoms with Crippen molar-refractivity contribution in [2.45, 2.75) is 40.5 Å². The fourth-order valence-electron chi connectivity index (χ4n) is 2.59. The average Bonchev–Trinajstić information content (AvgIpc) is 2.42. The van der Waals surface area contributed by atoms with Gasteiger partial charge in [0.05, 0.1) is 5.69 Å². The van der Waals surface area contributed by atoms with E-state index >= 15 is 0 Å². The van der Waals surface area contributed by atoms with Crippen LogP contribution in [0.3, 0.4) is 0 Å². The van der Waals surface area contributed by atoms with Crippen molar-refractivity contribution in [2.75, 3.05) is 13.2 Å². The summed E-state index contributed by atoms with van der Waals surface area (Å²) in [6.07, 6.45) is 1.57. The van der Waals surface area contributed by atoms with Crippen LogP contribution in [0.4, 0.5) is 0 Å². The second kappa shape index (κ2) is 8.08. The molecular weight excluding hydrogens is 282 g/mol. The summed E-state index contributed by atoms with van der Waals surface area (Å²) in [5, 5.41) is 16.0. The molecule has 0 aliphatic rings. The molecule has 1 aromatic rings. The zero-order chi connectivity index (χ0) is 16.9. The smallest absolute Gasteiger partial charge is 0.279 e. The van der Waals surface area contributed by atoms with Crippen molar-refractivity contribution in [2.24, 2.45) is 18.9 Å². The third kappa shape index (κ3) is 4.66. The number of carbonyl (C=O) groups is 1. The highest BCUT2D eigenvalue weighted by molar-refractivity contribution is 5.95. The van der Waals surface area contributed by atoms with Crippen LogP contribution in [0.5, 0.6) is 0 Å². The lowest BCUT2D eigenvalue weighted by atomic mass is 9.94. The molecule has 1 atom stereocenters. The predicted octanol–water partition coefficient (Wildman–Crippen LogP) is 1.17. The van der Waals surface area contributed by atoms with Crippen LogP contribution in [0.2, 0.25) is 0 Å². The summed E-state index contributed by atoms with van der Waals surface area (Å²) in [4.78, 5) is 24.5. The summed E-state index contributed by atoms with van der Waals surface area (Å²) >= 11 is 0. The minimum atomic E-state index is -0.386. The van der Waals surface area contributed by atoms with E-state index in [4.69, 9.17) is 5.11 Å². The third-order valence-electron chi connectivity index (χ3n) is 3.85. The fourth-order valence-corrected chi connectivity index (χ4v) is 2.59. The molecule has 0 aliphatic carbocycles. The quantitative estimate of drug-likeness (QED) is 0.792. The van der Waals surface area contributed by atoms with Gasteiger partial charge in [0, 0.05) is 20.2 Å². The molecule has 2 N–H and O–H groups in total. The van der Waals surface area contributed by atoms with Crippen molar-refractivity contribution in [3.63, 3.8) is 0 Å². The van der Waals surface area contributed by atoms with E-state index in [1.54, 1.807) is 20.9 Å². The molecule has 0 saturated heterocycles. The first-order chi connectivity index (χ1) is 10.3. The standard InChI is InChI=1S/C16H27N3O3/c1-10(2)8-13(6-7-20)9-17-15(21)14-11(3)12(4)18-19(5)16(14)22/h10,13,20H,6-9H2,1-5H3,(H,17,21). The molecule has 0 radical (unpaired) electrons. The van der Waals surface area contributed by atoms with E-state index in [1.165, 1.54) is 4.68 Å². The number of amides is 1. The monoisotopic (exact) mass is 309 g/mol. The Balaban J connectivity index is 2.87. The van der Waals surface area contributed by atoms with Crippen molar-refractivity contribution in [3.05, 3.63) is 27.2 Å². The Bertz CT molecular complexity index is 579. The number of aromatic nitrogens is 2. The normalized spacial score (nSPS) is 12.5. The van der Waals surface area contributed by atoms with Crippen molar-refractivity contribution >= 4 is 5.91 Å². The summed E-state index contributed by atoms with van der Waals surface area (Å²) in [7, 11) is 1.54. The molecule has 0 fully saturated rings. The van der Waals surface area contributed by atoms with Crippen LogP contribution in [0.1, 0.15) is 48.3 Å². The van der Waals surface area contributed by atoms with Gasteiger partial charge in [-0.15, -0.1) is 0 Å². The SMILES string of the molecule is Cc1nn(C)c(=O)c(C(=O)NCC(CCO)CC(C)C)c1C. The zero-order valence-electron chi connectivity index (χ0n) is 14.1. The maximum atomic E-state index is 12.4. The Kier molecular flexibility index (Phi) is 6.74. The van der Waals surface area contributed by atoms with Gasteiger partial charge in [-0.2, -0.15) is 5.10 Å². The summed E-state index contributed by atoms with van der Waals surface area (Å²) in [6.45, 7) is 8.29. The van der Waals surface area contributed by atoms with Crippen LogP contribution in [-0.2, 0) is 7.05 Å². The van der Waals surface area contributed by atoms with Crippen LogP contribution in [0, 0.1) is 25.7 Å². The first kappa shape index (κ1) is 18.4. The van der Waals surface area contributed by atoms with E-state index < -0.39 is 0 Å². The highest BCUT2D eigenvalue weighted by Gasteiger charge is 2.19. The van der Waals surface area contributed by atoms with Gasteiger partial charge in [0.25, 0.3) is 11.5 Å². The van der Waals surface area contributed by atoms with Gasteiger partial charge in [-0.1, -0.05) is 13.8 Å².